The first-order chi connectivity index (χ1) is 16.6. The minimum Gasteiger partial charge on any atom is -0.360 e. The summed E-state index contributed by atoms with van der Waals surface area (Å²) >= 11 is 0. The molecule has 0 saturated heterocycles. The summed E-state index contributed by atoms with van der Waals surface area (Å²) in [5.74, 6) is -1.65. The van der Waals surface area contributed by atoms with Crippen molar-refractivity contribution in [3.63, 3.8) is 0 Å². The number of carbonyl (C=O) groups is 3. The Balaban J connectivity index is 1.37. The number of nitrogens with zero attached hydrogens (tertiary/aromatic N) is 3. The van der Waals surface area contributed by atoms with E-state index in [-0.39, 0.29) is 40.5 Å². The molecule has 180 valence electrons. The van der Waals surface area contributed by atoms with Crippen LogP contribution in [0.15, 0.2) is 57.9 Å². The van der Waals surface area contributed by atoms with Gasteiger partial charge in [0.2, 0.25) is 5.91 Å². The SMILES string of the molecule is Cc1cc(NS(=O)(=O)c2ccc(NC(=O)CCN3C(=O)c4cccc([N+](=O)[O-])c4C3=O)cc2)no1. The number of rotatable bonds is 8. The van der Waals surface area contributed by atoms with E-state index in [9.17, 15) is 32.9 Å². The quantitative estimate of drug-likeness (QED) is 0.267. The van der Waals surface area contributed by atoms with Crippen LogP contribution in [0.3, 0.4) is 0 Å². The highest BCUT2D eigenvalue weighted by Gasteiger charge is 2.40. The van der Waals surface area contributed by atoms with E-state index < -0.39 is 38.4 Å². The van der Waals surface area contributed by atoms with Gasteiger partial charge in [0.15, 0.2) is 5.82 Å². The maximum Gasteiger partial charge on any atom is 0.282 e. The Labute approximate surface area is 197 Å². The second kappa shape index (κ2) is 8.98. The van der Waals surface area contributed by atoms with Crippen molar-refractivity contribution in [2.24, 2.45) is 0 Å². The van der Waals surface area contributed by atoms with Gasteiger partial charge in [-0.2, -0.15) is 0 Å². The van der Waals surface area contributed by atoms with Crippen LogP contribution in [0.2, 0.25) is 0 Å². The van der Waals surface area contributed by atoms with Crippen molar-refractivity contribution in [1.29, 1.82) is 0 Å². The minimum atomic E-state index is -3.93. The van der Waals surface area contributed by atoms with Crippen LogP contribution in [0.4, 0.5) is 17.2 Å². The van der Waals surface area contributed by atoms with Gasteiger partial charge >= 0.3 is 0 Å². The molecule has 1 aromatic heterocycles. The molecular formula is C21H17N5O8S. The molecule has 0 radical (unpaired) electrons. The lowest BCUT2D eigenvalue weighted by Gasteiger charge is -2.13. The summed E-state index contributed by atoms with van der Waals surface area (Å²) in [5, 5.41) is 17.3. The third kappa shape index (κ3) is 4.72. The molecule has 0 fully saturated rings. The fourth-order valence-corrected chi connectivity index (χ4v) is 4.42. The molecule has 13 nitrogen and oxygen atoms in total. The summed E-state index contributed by atoms with van der Waals surface area (Å²) in [6.07, 6.45) is -0.271. The van der Waals surface area contributed by atoms with Crippen LogP contribution in [0.1, 0.15) is 32.9 Å². The van der Waals surface area contributed by atoms with Crippen molar-refractivity contribution in [2.45, 2.75) is 18.2 Å². The molecule has 2 N–H and O–H groups in total. The topological polar surface area (TPSA) is 182 Å². The molecule has 0 atom stereocenters. The number of hydrogen-bond donors (Lipinski definition) is 2. The summed E-state index contributed by atoms with van der Waals surface area (Å²) < 4.78 is 31.9. The number of sulfonamides is 1. The second-order valence-corrected chi connectivity index (χ2v) is 9.15. The van der Waals surface area contributed by atoms with Crippen molar-refractivity contribution in [3.05, 3.63) is 75.5 Å². The van der Waals surface area contributed by atoms with E-state index in [1.165, 1.54) is 42.5 Å². The van der Waals surface area contributed by atoms with E-state index in [1.807, 2.05) is 0 Å². The molecule has 35 heavy (non-hydrogen) atoms. The van der Waals surface area contributed by atoms with Crippen molar-refractivity contribution in [1.82, 2.24) is 10.1 Å². The largest absolute Gasteiger partial charge is 0.360 e. The summed E-state index contributed by atoms with van der Waals surface area (Å²) in [4.78, 5) is 48.5. The summed E-state index contributed by atoms with van der Waals surface area (Å²) in [6.45, 7) is 1.32. The molecule has 4 rings (SSSR count). The second-order valence-electron chi connectivity index (χ2n) is 7.47. The number of hydrogen-bond acceptors (Lipinski definition) is 9. The number of nitrogens with one attached hydrogen (secondary N) is 2. The number of fused-ring (bicyclic) bond motifs is 1. The molecule has 0 unspecified atom stereocenters. The molecule has 0 spiro atoms. The highest BCUT2D eigenvalue weighted by molar-refractivity contribution is 7.92. The smallest absolute Gasteiger partial charge is 0.282 e. The Hall–Kier alpha value is -4.59. The van der Waals surface area contributed by atoms with E-state index in [1.54, 1.807) is 6.92 Å². The third-order valence-electron chi connectivity index (χ3n) is 5.05. The van der Waals surface area contributed by atoms with Crippen LogP contribution in [-0.2, 0) is 14.8 Å². The van der Waals surface area contributed by atoms with E-state index in [0.29, 0.717) is 5.76 Å². The van der Waals surface area contributed by atoms with E-state index >= 15 is 0 Å². The van der Waals surface area contributed by atoms with Gasteiger partial charge in [-0.3, -0.25) is 34.1 Å². The number of anilines is 2. The molecule has 2 heterocycles. The molecular weight excluding hydrogens is 482 g/mol. The van der Waals surface area contributed by atoms with Crippen LogP contribution in [-0.4, -0.2) is 47.7 Å². The highest BCUT2D eigenvalue weighted by Crippen LogP contribution is 2.30. The average Bonchev–Trinajstić information content (AvgIpc) is 3.32. The number of nitro benzene ring substituents is 1. The Morgan fingerprint density at radius 2 is 1.86 bits per heavy atom. The predicted molar refractivity (Wildman–Crippen MR) is 120 cm³/mol. The molecule has 3 amide bonds. The lowest BCUT2D eigenvalue weighted by molar-refractivity contribution is -0.385. The van der Waals surface area contributed by atoms with Crippen molar-refractivity contribution in [2.75, 3.05) is 16.6 Å². The Morgan fingerprint density at radius 1 is 1.14 bits per heavy atom. The minimum absolute atomic E-state index is 0.0263. The molecule has 2 aromatic carbocycles. The van der Waals surface area contributed by atoms with Gasteiger partial charge in [-0.05, 0) is 37.3 Å². The zero-order valence-corrected chi connectivity index (χ0v) is 18.9. The number of nitro groups is 1. The molecule has 3 aromatic rings. The van der Waals surface area contributed by atoms with Crippen LogP contribution in [0.25, 0.3) is 0 Å². The van der Waals surface area contributed by atoms with Gasteiger partial charge in [0.05, 0.1) is 15.4 Å². The summed E-state index contributed by atoms with van der Waals surface area (Å²) in [6, 6.07) is 10.5. The molecule has 0 bridgehead atoms. The first kappa shape index (κ1) is 23.6. The number of benzene rings is 2. The van der Waals surface area contributed by atoms with Gasteiger partial charge in [-0.25, -0.2) is 8.42 Å². The van der Waals surface area contributed by atoms with Gasteiger partial charge in [0, 0.05) is 30.8 Å². The Morgan fingerprint density at radius 3 is 2.49 bits per heavy atom. The lowest BCUT2D eigenvalue weighted by Crippen LogP contribution is -2.33. The molecule has 1 aliphatic heterocycles. The Kier molecular flexibility index (Phi) is 6.05. The van der Waals surface area contributed by atoms with Crippen molar-refractivity contribution >= 4 is 44.9 Å². The van der Waals surface area contributed by atoms with Gasteiger partial charge in [0.1, 0.15) is 11.3 Å². The fourth-order valence-electron chi connectivity index (χ4n) is 3.44. The van der Waals surface area contributed by atoms with E-state index in [4.69, 9.17) is 4.52 Å². The van der Waals surface area contributed by atoms with E-state index in [2.05, 4.69) is 15.2 Å². The molecule has 0 aliphatic carbocycles. The first-order valence-electron chi connectivity index (χ1n) is 10.1. The zero-order chi connectivity index (χ0) is 25.3. The first-order valence-corrected chi connectivity index (χ1v) is 11.5. The van der Waals surface area contributed by atoms with Crippen LogP contribution < -0.4 is 10.0 Å². The molecule has 1 aliphatic rings. The van der Waals surface area contributed by atoms with Gasteiger partial charge in [-0.15, -0.1) is 0 Å². The molecule has 14 heteroatoms. The maximum absolute atomic E-state index is 12.6. The van der Waals surface area contributed by atoms with Crippen LogP contribution in [0.5, 0.6) is 0 Å². The number of amides is 3. The maximum atomic E-state index is 12.6. The number of carbonyl (C=O) groups excluding carboxylic acids is 3. The van der Waals surface area contributed by atoms with E-state index in [0.717, 1.165) is 11.0 Å². The number of aromatic nitrogens is 1. The fraction of sp³-hybridized carbons (Fsp3) is 0.143. The van der Waals surface area contributed by atoms with Gasteiger partial charge in [-0.1, -0.05) is 11.2 Å². The number of aryl methyl sites for hydroxylation is 1. The van der Waals surface area contributed by atoms with Gasteiger partial charge < -0.3 is 9.84 Å². The predicted octanol–water partition coefficient (Wildman–Crippen LogP) is 2.32. The summed E-state index contributed by atoms with van der Waals surface area (Å²) in [7, 11) is -3.93. The average molecular weight is 499 g/mol. The lowest BCUT2D eigenvalue weighted by atomic mass is 10.1. The zero-order valence-electron chi connectivity index (χ0n) is 18.0. The van der Waals surface area contributed by atoms with Crippen molar-refractivity contribution < 1.29 is 32.2 Å². The van der Waals surface area contributed by atoms with Crippen molar-refractivity contribution in [3.8, 4) is 0 Å². The van der Waals surface area contributed by atoms with Gasteiger partial charge in [0.25, 0.3) is 27.5 Å². The monoisotopic (exact) mass is 499 g/mol. The standard InChI is InChI=1S/C21H17N5O8S/c1-12-11-17(23-34-12)24-35(32,33)14-7-5-13(6-8-14)22-18(27)9-10-25-20(28)15-3-2-4-16(26(30)31)19(15)21(25)29/h2-8,11H,9-10H2,1H3,(H,22,27)(H,23,24). The number of imide groups is 1. The summed E-state index contributed by atoms with van der Waals surface area (Å²) in [5.41, 5.74) is -0.579. The highest BCUT2D eigenvalue weighted by atomic mass is 32.2. The Bertz CT molecular complexity index is 1460. The third-order valence-corrected chi connectivity index (χ3v) is 6.42. The molecule has 0 saturated carbocycles. The van der Waals surface area contributed by atoms with Crippen LogP contribution in [0, 0.1) is 17.0 Å². The normalized spacial score (nSPS) is 13.0. The van der Waals surface area contributed by atoms with Crippen LogP contribution >= 0.6 is 0 Å².